The van der Waals surface area contributed by atoms with E-state index < -0.39 is 0 Å². The minimum absolute atomic E-state index is 0.275. The third-order valence-corrected chi connectivity index (χ3v) is 6.03. The summed E-state index contributed by atoms with van der Waals surface area (Å²) in [6.07, 6.45) is 3.17. The Morgan fingerprint density at radius 2 is 2.03 bits per heavy atom. The van der Waals surface area contributed by atoms with Gasteiger partial charge in [0.15, 0.2) is 0 Å². The molecule has 29 heavy (non-hydrogen) atoms. The molecule has 0 bridgehead atoms. The number of nitrogens with zero attached hydrogens (tertiary/aromatic N) is 2. The lowest BCUT2D eigenvalue weighted by Crippen LogP contribution is -2.11. The van der Waals surface area contributed by atoms with Crippen LogP contribution in [-0.4, -0.2) is 10.9 Å². The molecule has 3 heterocycles. The molecular formula is C21H12ClN3O2S2. The van der Waals surface area contributed by atoms with Crippen LogP contribution in [0.15, 0.2) is 64.6 Å². The zero-order chi connectivity index (χ0) is 20.2. The quantitative estimate of drug-likeness (QED) is 0.364. The molecule has 0 aliphatic rings. The first-order valence-electron chi connectivity index (χ1n) is 8.41. The molecule has 3 aromatic heterocycles. The van der Waals surface area contributed by atoms with Crippen LogP contribution in [0.5, 0.6) is 0 Å². The van der Waals surface area contributed by atoms with Crippen LogP contribution in [0.4, 0.5) is 5.00 Å². The first-order valence-corrected chi connectivity index (χ1v) is 10.5. The van der Waals surface area contributed by atoms with Crippen molar-refractivity contribution >= 4 is 56.8 Å². The number of furan rings is 1. The number of carbonyl (C=O) groups excluding carboxylic acids is 1. The zero-order valence-electron chi connectivity index (χ0n) is 14.8. The van der Waals surface area contributed by atoms with E-state index in [1.807, 2.05) is 17.5 Å². The fourth-order valence-corrected chi connectivity index (χ4v) is 4.39. The van der Waals surface area contributed by atoms with E-state index in [0.717, 1.165) is 4.88 Å². The zero-order valence-corrected chi connectivity index (χ0v) is 17.1. The number of halogens is 1. The Kier molecular flexibility index (Phi) is 5.58. The Labute approximate surface area is 179 Å². The second-order valence-corrected chi connectivity index (χ2v) is 8.20. The van der Waals surface area contributed by atoms with E-state index in [0.29, 0.717) is 37.6 Å². The van der Waals surface area contributed by atoms with Crippen molar-refractivity contribution in [2.45, 2.75) is 0 Å². The van der Waals surface area contributed by atoms with E-state index in [1.54, 1.807) is 42.5 Å². The molecule has 0 fully saturated rings. The predicted octanol–water partition coefficient (Wildman–Crippen LogP) is 6.43. The van der Waals surface area contributed by atoms with Crippen LogP contribution in [0.1, 0.15) is 21.1 Å². The lowest BCUT2D eigenvalue weighted by Gasteiger charge is -2.04. The van der Waals surface area contributed by atoms with E-state index in [-0.39, 0.29) is 5.91 Å². The van der Waals surface area contributed by atoms with E-state index in [4.69, 9.17) is 16.0 Å². The normalized spacial score (nSPS) is 11.2. The molecule has 0 unspecified atom stereocenters. The second-order valence-electron chi connectivity index (χ2n) is 5.82. The molecule has 8 heteroatoms. The van der Waals surface area contributed by atoms with Gasteiger partial charge in [0.25, 0.3) is 5.91 Å². The first kappa shape index (κ1) is 19.2. The van der Waals surface area contributed by atoms with Crippen LogP contribution in [0.2, 0.25) is 5.02 Å². The molecule has 142 valence electrons. The molecule has 1 N–H and O–H groups in total. The number of anilines is 1. The van der Waals surface area contributed by atoms with Crippen molar-refractivity contribution in [3.63, 3.8) is 0 Å². The van der Waals surface area contributed by atoms with Gasteiger partial charge in [-0.25, -0.2) is 4.98 Å². The highest BCUT2D eigenvalue weighted by molar-refractivity contribution is 7.19. The summed E-state index contributed by atoms with van der Waals surface area (Å²) in [6.45, 7) is 0. The number of thiophene rings is 1. The number of allylic oxidation sites excluding steroid dienone is 1. The minimum Gasteiger partial charge on any atom is -0.465 e. The fraction of sp³-hybridized carbons (Fsp3) is 0. The van der Waals surface area contributed by atoms with Crippen molar-refractivity contribution in [3.05, 3.63) is 81.5 Å². The lowest BCUT2D eigenvalue weighted by atomic mass is 10.2. The van der Waals surface area contributed by atoms with Crippen molar-refractivity contribution in [1.29, 1.82) is 5.26 Å². The highest BCUT2D eigenvalue weighted by Crippen LogP contribution is 2.38. The summed E-state index contributed by atoms with van der Waals surface area (Å²) in [5, 5.41) is 16.1. The monoisotopic (exact) mass is 437 g/mol. The number of nitrogens with one attached hydrogen (secondary N) is 1. The average Bonchev–Trinajstić information content (AvgIpc) is 3.48. The molecule has 4 rings (SSSR count). The summed E-state index contributed by atoms with van der Waals surface area (Å²) in [7, 11) is 0. The van der Waals surface area contributed by atoms with Crippen molar-refractivity contribution in [3.8, 4) is 16.6 Å². The van der Waals surface area contributed by atoms with Crippen molar-refractivity contribution in [2.75, 3.05) is 5.32 Å². The van der Waals surface area contributed by atoms with Gasteiger partial charge in [-0.05, 0) is 47.8 Å². The van der Waals surface area contributed by atoms with Gasteiger partial charge in [-0.1, -0.05) is 29.0 Å². The molecule has 0 atom stereocenters. The highest BCUT2D eigenvalue weighted by Gasteiger charge is 2.19. The summed E-state index contributed by atoms with van der Waals surface area (Å²) in [5.74, 6) is 0.282. The molecular weight excluding hydrogens is 426 g/mol. The summed E-state index contributed by atoms with van der Waals surface area (Å²) in [6, 6.07) is 16.1. The maximum atomic E-state index is 12.7. The highest BCUT2D eigenvalue weighted by atomic mass is 35.5. The summed E-state index contributed by atoms with van der Waals surface area (Å²) >= 11 is 8.65. The molecule has 0 aliphatic heterocycles. The molecule has 1 amide bonds. The number of benzene rings is 1. The van der Waals surface area contributed by atoms with Crippen molar-refractivity contribution in [1.82, 2.24) is 4.98 Å². The average molecular weight is 438 g/mol. The Balaban J connectivity index is 1.72. The Morgan fingerprint density at radius 1 is 1.21 bits per heavy atom. The number of aromatic nitrogens is 1. The van der Waals surface area contributed by atoms with Crippen LogP contribution >= 0.6 is 34.3 Å². The number of nitriles is 1. The largest absolute Gasteiger partial charge is 0.465 e. The van der Waals surface area contributed by atoms with Gasteiger partial charge in [0.05, 0.1) is 16.7 Å². The van der Waals surface area contributed by atoms with Crippen LogP contribution in [-0.2, 0) is 0 Å². The van der Waals surface area contributed by atoms with Gasteiger partial charge in [0, 0.05) is 16.7 Å². The Morgan fingerprint density at radius 3 is 2.69 bits per heavy atom. The minimum atomic E-state index is -0.275. The number of thiazole rings is 1. The third kappa shape index (κ3) is 4.30. The molecule has 0 saturated carbocycles. The van der Waals surface area contributed by atoms with Crippen LogP contribution in [0.3, 0.4) is 0 Å². The molecule has 1 aromatic carbocycles. The first-order chi connectivity index (χ1) is 14.1. The van der Waals surface area contributed by atoms with E-state index in [9.17, 15) is 10.1 Å². The standard InChI is InChI=1S/C21H12ClN3O2S2/c22-15-7-5-13(6-8-15)19(26)25-21-18(17-4-2-10-28-17)24-20(29-21)14(12-23)11-16-3-1-9-27-16/h1-11H,(H,25,26). The molecule has 4 aromatic rings. The Hall–Kier alpha value is -3.18. The predicted molar refractivity (Wildman–Crippen MR) is 117 cm³/mol. The van der Waals surface area contributed by atoms with Crippen LogP contribution in [0, 0.1) is 11.3 Å². The summed E-state index contributed by atoms with van der Waals surface area (Å²) in [4.78, 5) is 18.2. The molecule has 0 aliphatic carbocycles. The van der Waals surface area contributed by atoms with Gasteiger partial charge < -0.3 is 9.73 Å². The van der Waals surface area contributed by atoms with Gasteiger partial charge >= 0.3 is 0 Å². The van der Waals surface area contributed by atoms with Crippen LogP contribution < -0.4 is 5.32 Å². The molecule has 0 radical (unpaired) electrons. The van der Waals surface area contributed by atoms with E-state index in [1.165, 1.54) is 28.9 Å². The fourth-order valence-electron chi connectivity index (χ4n) is 2.53. The smallest absolute Gasteiger partial charge is 0.256 e. The number of amides is 1. The van der Waals surface area contributed by atoms with Crippen LogP contribution in [0.25, 0.3) is 22.2 Å². The number of carbonyl (C=O) groups is 1. The summed E-state index contributed by atoms with van der Waals surface area (Å²) < 4.78 is 5.30. The summed E-state index contributed by atoms with van der Waals surface area (Å²) in [5.41, 5.74) is 1.46. The van der Waals surface area contributed by atoms with Gasteiger partial charge in [-0.2, -0.15) is 5.26 Å². The number of hydrogen-bond donors (Lipinski definition) is 1. The van der Waals surface area contributed by atoms with E-state index in [2.05, 4.69) is 16.4 Å². The topological polar surface area (TPSA) is 78.9 Å². The molecule has 5 nitrogen and oxygen atoms in total. The lowest BCUT2D eigenvalue weighted by molar-refractivity contribution is 0.102. The van der Waals surface area contributed by atoms with Gasteiger partial charge in [0.1, 0.15) is 27.5 Å². The second kappa shape index (κ2) is 8.45. The SMILES string of the molecule is N#CC(=Cc1ccco1)c1nc(-c2cccs2)c(NC(=O)c2ccc(Cl)cc2)s1. The van der Waals surface area contributed by atoms with Gasteiger partial charge in [-0.15, -0.1) is 11.3 Å². The maximum Gasteiger partial charge on any atom is 0.256 e. The molecule has 0 spiro atoms. The number of hydrogen-bond acceptors (Lipinski definition) is 6. The third-order valence-electron chi connectivity index (χ3n) is 3.90. The maximum absolute atomic E-state index is 12.7. The number of rotatable bonds is 5. The van der Waals surface area contributed by atoms with Crippen molar-refractivity contribution < 1.29 is 9.21 Å². The van der Waals surface area contributed by atoms with E-state index >= 15 is 0 Å². The van der Waals surface area contributed by atoms with Crippen molar-refractivity contribution in [2.24, 2.45) is 0 Å². The Bertz CT molecular complexity index is 1200. The van der Waals surface area contributed by atoms with Gasteiger partial charge in [-0.3, -0.25) is 4.79 Å². The molecule has 0 saturated heterocycles. The van der Waals surface area contributed by atoms with Gasteiger partial charge in [0.2, 0.25) is 0 Å².